The molecular weight excluding hydrogens is 310 g/mol. The van der Waals surface area contributed by atoms with Crippen molar-refractivity contribution in [2.75, 3.05) is 19.6 Å². The summed E-state index contributed by atoms with van der Waals surface area (Å²) in [7, 11) is 0. The van der Waals surface area contributed by atoms with E-state index in [0.717, 1.165) is 36.6 Å². The van der Waals surface area contributed by atoms with Crippen LogP contribution in [0, 0.1) is 19.8 Å². The molecule has 1 fully saturated rings. The number of aryl methyl sites for hydroxylation is 2. The van der Waals surface area contributed by atoms with Crippen molar-refractivity contribution >= 4 is 17.4 Å². The summed E-state index contributed by atoms with van der Waals surface area (Å²) in [5.41, 5.74) is 6.70. The lowest BCUT2D eigenvalue weighted by molar-refractivity contribution is 0.0175. The van der Waals surface area contributed by atoms with Crippen LogP contribution in [0.5, 0.6) is 0 Å². The standard InChI is InChI=1S/C17H29N3O2S/c1-11-12(2)23-15(19-11)14(10-18)13-6-8-20(9-7-13)16(21)22-17(3,4)5/h13-14H,6-10,18H2,1-5H3. The molecule has 0 radical (unpaired) electrons. The Morgan fingerprint density at radius 3 is 2.43 bits per heavy atom. The Hall–Kier alpha value is -1.14. The highest BCUT2D eigenvalue weighted by Crippen LogP contribution is 2.35. The van der Waals surface area contributed by atoms with E-state index in [1.165, 1.54) is 4.88 Å². The average molecular weight is 340 g/mol. The lowest BCUT2D eigenvalue weighted by Crippen LogP contribution is -2.43. The molecule has 23 heavy (non-hydrogen) atoms. The van der Waals surface area contributed by atoms with Crippen molar-refractivity contribution in [3.63, 3.8) is 0 Å². The fourth-order valence-corrected chi connectivity index (χ4v) is 4.09. The monoisotopic (exact) mass is 339 g/mol. The number of hydrogen-bond donors (Lipinski definition) is 1. The summed E-state index contributed by atoms with van der Waals surface area (Å²) >= 11 is 1.76. The molecular formula is C17H29N3O2S. The zero-order chi connectivity index (χ0) is 17.2. The minimum absolute atomic E-state index is 0.207. The first-order valence-electron chi connectivity index (χ1n) is 8.33. The molecule has 1 amide bonds. The molecule has 1 saturated heterocycles. The maximum absolute atomic E-state index is 12.1. The first kappa shape index (κ1) is 18.2. The molecule has 2 N–H and O–H groups in total. The Kier molecular flexibility index (Phi) is 5.68. The number of ether oxygens (including phenoxy) is 1. The van der Waals surface area contributed by atoms with Crippen LogP contribution in [-0.4, -0.2) is 41.2 Å². The summed E-state index contributed by atoms with van der Waals surface area (Å²) in [5, 5.41) is 1.15. The average Bonchev–Trinajstić information content (AvgIpc) is 2.78. The fourth-order valence-electron chi connectivity index (χ4n) is 2.96. The Labute approximate surface area is 143 Å². The maximum Gasteiger partial charge on any atom is 0.410 e. The molecule has 5 nitrogen and oxygen atoms in total. The van der Waals surface area contributed by atoms with Gasteiger partial charge in [0.05, 0.1) is 10.7 Å². The van der Waals surface area contributed by atoms with Crippen molar-refractivity contribution < 1.29 is 9.53 Å². The van der Waals surface area contributed by atoms with Crippen LogP contribution in [0.1, 0.15) is 55.1 Å². The van der Waals surface area contributed by atoms with Crippen molar-refractivity contribution in [2.45, 2.75) is 59.0 Å². The van der Waals surface area contributed by atoms with Gasteiger partial charge < -0.3 is 15.4 Å². The largest absolute Gasteiger partial charge is 0.444 e. The van der Waals surface area contributed by atoms with Crippen LogP contribution in [0.4, 0.5) is 4.79 Å². The number of likely N-dealkylation sites (tertiary alicyclic amines) is 1. The quantitative estimate of drug-likeness (QED) is 0.916. The molecule has 1 aromatic heterocycles. The Morgan fingerprint density at radius 1 is 1.39 bits per heavy atom. The third-order valence-corrected chi connectivity index (χ3v) is 5.58. The highest BCUT2D eigenvalue weighted by molar-refractivity contribution is 7.11. The van der Waals surface area contributed by atoms with Crippen molar-refractivity contribution in [1.82, 2.24) is 9.88 Å². The van der Waals surface area contributed by atoms with Crippen LogP contribution < -0.4 is 5.73 Å². The van der Waals surface area contributed by atoms with Gasteiger partial charge in [-0.1, -0.05) is 0 Å². The number of nitrogens with two attached hydrogens (primary N) is 1. The van der Waals surface area contributed by atoms with E-state index in [9.17, 15) is 4.79 Å². The Morgan fingerprint density at radius 2 is 2.00 bits per heavy atom. The highest BCUT2D eigenvalue weighted by Gasteiger charge is 2.32. The van der Waals surface area contributed by atoms with Gasteiger partial charge in [-0.25, -0.2) is 9.78 Å². The van der Waals surface area contributed by atoms with E-state index in [2.05, 4.69) is 6.92 Å². The molecule has 1 aliphatic rings. The zero-order valence-corrected chi connectivity index (χ0v) is 15.7. The van der Waals surface area contributed by atoms with Gasteiger partial charge in [-0.15, -0.1) is 11.3 Å². The van der Waals surface area contributed by atoms with Gasteiger partial charge in [-0.05, 0) is 53.4 Å². The number of rotatable bonds is 3. The second kappa shape index (κ2) is 7.18. The minimum Gasteiger partial charge on any atom is -0.444 e. The molecule has 0 saturated carbocycles. The van der Waals surface area contributed by atoms with E-state index < -0.39 is 5.60 Å². The second-order valence-electron chi connectivity index (χ2n) is 7.34. The Bertz CT molecular complexity index is 523. The van der Waals surface area contributed by atoms with Crippen LogP contribution in [0.25, 0.3) is 0 Å². The second-order valence-corrected chi connectivity index (χ2v) is 8.58. The fraction of sp³-hybridized carbons (Fsp3) is 0.765. The SMILES string of the molecule is Cc1nc(C(CN)C2CCN(C(=O)OC(C)(C)C)CC2)sc1C. The smallest absolute Gasteiger partial charge is 0.410 e. The van der Waals surface area contributed by atoms with Gasteiger partial charge in [-0.3, -0.25) is 0 Å². The number of thiazole rings is 1. The molecule has 0 aliphatic carbocycles. The molecule has 2 rings (SSSR count). The van der Waals surface area contributed by atoms with E-state index in [0.29, 0.717) is 18.4 Å². The van der Waals surface area contributed by atoms with E-state index >= 15 is 0 Å². The molecule has 1 atom stereocenters. The summed E-state index contributed by atoms with van der Waals surface area (Å²) in [6.45, 7) is 11.9. The van der Waals surface area contributed by atoms with Gasteiger partial charge in [0, 0.05) is 30.4 Å². The summed E-state index contributed by atoms with van der Waals surface area (Å²) in [6, 6.07) is 0. The van der Waals surface area contributed by atoms with Crippen molar-refractivity contribution in [1.29, 1.82) is 0 Å². The van der Waals surface area contributed by atoms with E-state index in [1.54, 1.807) is 11.3 Å². The number of hydrogen-bond acceptors (Lipinski definition) is 5. The normalized spacial score (nSPS) is 18.1. The lowest BCUT2D eigenvalue weighted by atomic mass is 9.84. The van der Waals surface area contributed by atoms with Crippen molar-refractivity contribution in [3.8, 4) is 0 Å². The molecule has 2 heterocycles. The number of amides is 1. The molecule has 1 aliphatic heterocycles. The third-order valence-electron chi connectivity index (χ3n) is 4.38. The van der Waals surface area contributed by atoms with E-state index in [4.69, 9.17) is 15.5 Å². The molecule has 6 heteroatoms. The minimum atomic E-state index is -0.441. The van der Waals surface area contributed by atoms with Gasteiger partial charge in [0.2, 0.25) is 0 Å². The van der Waals surface area contributed by atoms with Gasteiger partial charge >= 0.3 is 6.09 Å². The Balaban J connectivity index is 1.96. The molecule has 130 valence electrons. The van der Waals surface area contributed by atoms with Gasteiger partial charge in [0.1, 0.15) is 5.60 Å². The van der Waals surface area contributed by atoms with Crippen molar-refractivity contribution in [3.05, 3.63) is 15.6 Å². The number of carbonyl (C=O) groups excluding carboxylic acids is 1. The predicted octanol–water partition coefficient (Wildman–Crippen LogP) is 3.45. The summed E-state index contributed by atoms with van der Waals surface area (Å²) in [4.78, 5) is 19.9. The third kappa shape index (κ3) is 4.67. The number of nitrogens with zero attached hydrogens (tertiary/aromatic N) is 2. The molecule has 1 unspecified atom stereocenters. The molecule has 0 spiro atoms. The topological polar surface area (TPSA) is 68.5 Å². The van der Waals surface area contributed by atoms with Gasteiger partial charge in [-0.2, -0.15) is 0 Å². The zero-order valence-electron chi connectivity index (χ0n) is 14.9. The molecule has 0 aromatic carbocycles. The lowest BCUT2D eigenvalue weighted by Gasteiger charge is -2.35. The van der Waals surface area contributed by atoms with Gasteiger partial charge in [0.25, 0.3) is 0 Å². The number of aromatic nitrogens is 1. The number of carbonyl (C=O) groups is 1. The summed E-state index contributed by atoms with van der Waals surface area (Å²) in [5.74, 6) is 0.789. The van der Waals surface area contributed by atoms with Crippen molar-refractivity contribution in [2.24, 2.45) is 11.7 Å². The van der Waals surface area contributed by atoms with Crippen LogP contribution in [0.15, 0.2) is 0 Å². The maximum atomic E-state index is 12.1. The van der Waals surface area contributed by atoms with Crippen LogP contribution in [0.3, 0.4) is 0 Å². The van der Waals surface area contributed by atoms with E-state index in [1.807, 2.05) is 32.6 Å². The number of piperidine rings is 1. The highest BCUT2D eigenvalue weighted by atomic mass is 32.1. The first-order valence-corrected chi connectivity index (χ1v) is 9.15. The van der Waals surface area contributed by atoms with Gasteiger partial charge in [0.15, 0.2) is 0 Å². The summed E-state index contributed by atoms with van der Waals surface area (Å²) in [6.07, 6.45) is 1.71. The van der Waals surface area contributed by atoms with E-state index in [-0.39, 0.29) is 6.09 Å². The summed E-state index contributed by atoms with van der Waals surface area (Å²) < 4.78 is 5.45. The predicted molar refractivity (Wildman–Crippen MR) is 93.9 cm³/mol. The van der Waals surface area contributed by atoms with Crippen LogP contribution in [0.2, 0.25) is 0 Å². The molecule has 1 aromatic rings. The first-order chi connectivity index (χ1) is 10.7. The van der Waals surface area contributed by atoms with Crippen LogP contribution >= 0.6 is 11.3 Å². The van der Waals surface area contributed by atoms with Crippen LogP contribution in [-0.2, 0) is 4.74 Å². The molecule has 0 bridgehead atoms.